The molecule has 10 nitrogen and oxygen atoms in total. The number of carbonyl (C=O) groups excluding carboxylic acids is 1. The van der Waals surface area contributed by atoms with Crippen molar-refractivity contribution in [2.24, 2.45) is 0 Å². The van der Waals surface area contributed by atoms with Gasteiger partial charge in [0.2, 0.25) is 5.76 Å². The normalized spacial score (nSPS) is 10.9. The summed E-state index contributed by atoms with van der Waals surface area (Å²) in [6, 6.07) is 46.1. The number of aryl methyl sites for hydroxylation is 3. The summed E-state index contributed by atoms with van der Waals surface area (Å²) >= 11 is 0. The van der Waals surface area contributed by atoms with Crippen LogP contribution in [0.3, 0.4) is 0 Å². The molecule has 7 aromatic rings. The van der Waals surface area contributed by atoms with E-state index in [1.54, 1.807) is 51.1 Å². The highest BCUT2D eigenvalue weighted by Crippen LogP contribution is 2.24. The topological polar surface area (TPSA) is 151 Å². The molecule has 2 aromatic heterocycles. The molecular formula is C45H41N3O7S. The third-order valence-corrected chi connectivity index (χ3v) is 10.5. The van der Waals surface area contributed by atoms with E-state index in [1.807, 2.05) is 72.8 Å². The van der Waals surface area contributed by atoms with Gasteiger partial charge in [0.05, 0.1) is 4.90 Å². The highest BCUT2D eigenvalue weighted by molar-refractivity contribution is 7.90. The van der Waals surface area contributed by atoms with E-state index < -0.39 is 21.9 Å². The number of hydrogen-bond acceptors (Lipinski definition) is 8. The maximum Gasteiger partial charge on any atom is 0.371 e. The first-order valence-electron chi connectivity index (χ1n) is 17.8. The Hall–Kier alpha value is -6.85. The summed E-state index contributed by atoms with van der Waals surface area (Å²) in [6.07, 6.45) is 0. The zero-order valence-corrected chi connectivity index (χ0v) is 31.9. The molecule has 2 heterocycles. The number of carbonyl (C=O) groups is 2. The number of carboxylic acids is 1. The average molecular weight is 768 g/mol. The smallest absolute Gasteiger partial charge is 0.371 e. The predicted molar refractivity (Wildman–Crippen MR) is 218 cm³/mol. The van der Waals surface area contributed by atoms with E-state index in [9.17, 15) is 18.0 Å². The maximum absolute atomic E-state index is 12.6. The minimum absolute atomic E-state index is 0.0290. The molecule has 11 heteroatoms. The Balaban J connectivity index is 0.000000202. The summed E-state index contributed by atoms with van der Waals surface area (Å²) in [7, 11) is -4.00. The van der Waals surface area contributed by atoms with Crippen molar-refractivity contribution < 1.29 is 31.9 Å². The quantitative estimate of drug-likeness (QED) is 0.0953. The number of rotatable bonds is 12. The first kappa shape index (κ1) is 38.9. The summed E-state index contributed by atoms with van der Waals surface area (Å²) in [5.74, 6) is -0.774. The van der Waals surface area contributed by atoms with E-state index in [0.29, 0.717) is 30.2 Å². The van der Waals surface area contributed by atoms with Gasteiger partial charge in [-0.1, -0.05) is 103 Å². The van der Waals surface area contributed by atoms with E-state index in [2.05, 4.69) is 51.8 Å². The summed E-state index contributed by atoms with van der Waals surface area (Å²) in [4.78, 5) is 23.5. The van der Waals surface area contributed by atoms with Gasteiger partial charge in [0.25, 0.3) is 10.0 Å². The Morgan fingerprint density at radius 1 is 0.554 bits per heavy atom. The molecule has 0 aliphatic carbocycles. The third-order valence-electron chi connectivity index (χ3n) is 9.04. The van der Waals surface area contributed by atoms with Crippen molar-refractivity contribution in [2.75, 3.05) is 10.6 Å². The molecule has 0 spiro atoms. The second-order valence-electron chi connectivity index (χ2n) is 13.0. The third kappa shape index (κ3) is 9.82. The van der Waals surface area contributed by atoms with Crippen LogP contribution in [0.2, 0.25) is 0 Å². The second kappa shape index (κ2) is 17.5. The lowest BCUT2D eigenvalue weighted by Gasteiger charge is -2.08. The van der Waals surface area contributed by atoms with Crippen LogP contribution in [0, 0.1) is 20.8 Å². The summed E-state index contributed by atoms with van der Waals surface area (Å²) in [5.41, 5.74) is 8.65. The summed E-state index contributed by atoms with van der Waals surface area (Å²) in [6.45, 7) is 6.13. The number of nitrogens with one attached hydrogen (secondary N) is 3. The van der Waals surface area contributed by atoms with E-state index in [4.69, 9.17) is 13.9 Å². The molecule has 0 unspecified atom stereocenters. The van der Waals surface area contributed by atoms with E-state index in [-0.39, 0.29) is 16.4 Å². The van der Waals surface area contributed by atoms with Gasteiger partial charge in [-0.2, -0.15) is 0 Å². The second-order valence-corrected chi connectivity index (χ2v) is 14.6. The van der Waals surface area contributed by atoms with Crippen molar-refractivity contribution in [1.29, 1.82) is 0 Å². The maximum atomic E-state index is 12.6. The van der Waals surface area contributed by atoms with E-state index in [0.717, 1.165) is 39.2 Å². The van der Waals surface area contributed by atoms with Gasteiger partial charge < -0.3 is 24.6 Å². The van der Waals surface area contributed by atoms with Gasteiger partial charge in [-0.3, -0.25) is 4.79 Å². The molecule has 5 aromatic carbocycles. The number of furan rings is 2. The van der Waals surface area contributed by atoms with Gasteiger partial charge in [-0.15, -0.1) is 0 Å². The number of hydrogen-bond donors (Lipinski definition) is 4. The molecule has 0 saturated heterocycles. The lowest BCUT2D eigenvalue weighted by atomic mass is 10.1. The number of carboxylic acid groups (broad SMARTS) is 1. The molecule has 0 aliphatic rings. The number of sulfonamides is 1. The molecule has 1 amide bonds. The largest absolute Gasteiger partial charge is 0.475 e. The molecule has 284 valence electrons. The standard InChI is InChI=1S/C26H24N2O4S.C19H17NO3/c1-18-8-6-7-11-25(18)33(30,31)28-26(29)24-16-22(19(2)32-24)17-27-23-14-12-21(13-15-23)20-9-4-3-5-10-20;1-13-16(11-18(23-13)19(21)22)12-20-17-9-7-15(8-10-17)14-5-3-2-4-6-14/h3-16,27H,17H2,1-2H3,(H,28,29);2-11,20H,12H2,1H3,(H,21,22). The van der Waals surface area contributed by atoms with Gasteiger partial charge >= 0.3 is 11.9 Å². The molecule has 56 heavy (non-hydrogen) atoms. The molecule has 4 N–H and O–H groups in total. The molecule has 0 bridgehead atoms. The summed E-state index contributed by atoms with van der Waals surface area (Å²) < 4.78 is 38.0. The van der Waals surface area contributed by atoms with Crippen LogP contribution in [0.4, 0.5) is 11.4 Å². The molecule has 0 fully saturated rings. The summed E-state index contributed by atoms with van der Waals surface area (Å²) in [5, 5.41) is 15.5. The van der Waals surface area contributed by atoms with Gasteiger partial charge in [0.1, 0.15) is 11.5 Å². The molecule has 0 saturated carbocycles. The Morgan fingerprint density at radius 2 is 0.964 bits per heavy atom. The first-order valence-corrected chi connectivity index (χ1v) is 19.3. The van der Waals surface area contributed by atoms with Crippen LogP contribution in [0.5, 0.6) is 0 Å². The van der Waals surface area contributed by atoms with Gasteiger partial charge in [0.15, 0.2) is 5.76 Å². The minimum Gasteiger partial charge on any atom is -0.475 e. The Morgan fingerprint density at radius 3 is 1.41 bits per heavy atom. The lowest BCUT2D eigenvalue weighted by molar-refractivity contribution is 0.0660. The zero-order chi connectivity index (χ0) is 39.7. The van der Waals surface area contributed by atoms with Crippen LogP contribution >= 0.6 is 0 Å². The van der Waals surface area contributed by atoms with Crippen LogP contribution in [0.25, 0.3) is 22.3 Å². The van der Waals surface area contributed by atoms with E-state index in [1.165, 1.54) is 11.6 Å². The SMILES string of the molecule is Cc1ccccc1S(=O)(=O)NC(=O)c1cc(CNc2ccc(-c3ccccc3)cc2)c(C)o1.Cc1oc(C(=O)O)cc1CNc1ccc(-c2ccccc2)cc1. The highest BCUT2D eigenvalue weighted by Gasteiger charge is 2.23. The van der Waals surface area contributed by atoms with Crippen molar-refractivity contribution in [3.63, 3.8) is 0 Å². The zero-order valence-electron chi connectivity index (χ0n) is 31.1. The number of amides is 1. The fourth-order valence-electron chi connectivity index (χ4n) is 5.91. The molecule has 7 rings (SSSR count). The first-order chi connectivity index (χ1) is 27.0. The van der Waals surface area contributed by atoms with E-state index >= 15 is 0 Å². The fraction of sp³-hybridized carbons (Fsp3) is 0.111. The number of aromatic carboxylic acids is 1. The number of anilines is 2. The van der Waals surface area contributed by atoms with Crippen molar-refractivity contribution in [3.05, 3.63) is 185 Å². The number of benzene rings is 5. The van der Waals surface area contributed by atoms with Crippen molar-refractivity contribution in [3.8, 4) is 22.3 Å². The lowest BCUT2D eigenvalue weighted by Crippen LogP contribution is -2.30. The van der Waals surface area contributed by atoms with Crippen molar-refractivity contribution in [1.82, 2.24) is 4.72 Å². The van der Waals surface area contributed by atoms with Crippen molar-refractivity contribution in [2.45, 2.75) is 38.8 Å². The molecular weight excluding hydrogens is 727 g/mol. The van der Waals surface area contributed by atoms with Crippen LogP contribution in [-0.2, 0) is 23.1 Å². The molecule has 0 atom stereocenters. The minimum atomic E-state index is -4.00. The molecule has 0 aliphatic heterocycles. The van der Waals surface area contributed by atoms with Crippen LogP contribution in [-0.4, -0.2) is 25.4 Å². The van der Waals surface area contributed by atoms with Crippen molar-refractivity contribution >= 4 is 33.3 Å². The Labute approximate surface area is 325 Å². The van der Waals surface area contributed by atoms with Gasteiger partial charge in [-0.05, 0) is 91.1 Å². The molecule has 0 radical (unpaired) electrons. The highest BCUT2D eigenvalue weighted by atomic mass is 32.2. The van der Waals surface area contributed by atoms with Crippen LogP contribution in [0.1, 0.15) is 49.3 Å². The fourth-order valence-corrected chi connectivity index (χ4v) is 7.11. The van der Waals surface area contributed by atoms with Crippen LogP contribution < -0.4 is 15.4 Å². The van der Waals surface area contributed by atoms with Gasteiger partial charge in [0, 0.05) is 35.6 Å². The average Bonchev–Trinajstić information content (AvgIpc) is 3.79. The van der Waals surface area contributed by atoms with Crippen LogP contribution in [0.15, 0.2) is 159 Å². The Bertz CT molecular complexity index is 2530. The predicted octanol–water partition coefficient (Wildman–Crippen LogP) is 9.86. The Kier molecular flexibility index (Phi) is 12.2. The monoisotopic (exact) mass is 767 g/mol. The van der Waals surface area contributed by atoms with Gasteiger partial charge in [-0.25, -0.2) is 17.9 Å².